The molecular formula is C36H18N12. The monoisotopic (exact) mass is 618 g/mol. The SMILES string of the molecule is c1cnc2c(-c3cc(-c4c5nccnc5cc5nccnc45)cc(-c4c5nccnc5cc5nccnc45)c3)c3nccnc3cc2n1. The highest BCUT2D eigenvalue weighted by molar-refractivity contribution is 6.13. The van der Waals surface area contributed by atoms with Gasteiger partial charge in [0.05, 0.1) is 66.2 Å². The van der Waals surface area contributed by atoms with E-state index in [1.807, 2.05) is 18.2 Å². The maximum absolute atomic E-state index is 4.79. The van der Waals surface area contributed by atoms with E-state index in [0.29, 0.717) is 66.2 Å². The fraction of sp³-hybridized carbons (Fsp3) is 0. The van der Waals surface area contributed by atoms with Crippen molar-refractivity contribution in [3.63, 3.8) is 0 Å². The van der Waals surface area contributed by atoms with Gasteiger partial charge in [0.15, 0.2) is 0 Å². The number of rotatable bonds is 3. The van der Waals surface area contributed by atoms with Crippen LogP contribution < -0.4 is 0 Å². The highest BCUT2D eigenvalue weighted by atomic mass is 14.8. The average molecular weight is 619 g/mol. The Morgan fingerprint density at radius 3 is 0.604 bits per heavy atom. The van der Waals surface area contributed by atoms with Gasteiger partial charge < -0.3 is 0 Å². The van der Waals surface area contributed by atoms with Crippen LogP contribution in [0.25, 0.3) is 99.6 Å². The smallest absolute Gasteiger partial charge is 0.0988 e. The van der Waals surface area contributed by atoms with E-state index >= 15 is 0 Å². The minimum absolute atomic E-state index is 0.693. The summed E-state index contributed by atoms with van der Waals surface area (Å²) >= 11 is 0. The number of fused-ring (bicyclic) bond motifs is 6. The van der Waals surface area contributed by atoms with Gasteiger partial charge in [-0.25, -0.2) is 0 Å². The lowest BCUT2D eigenvalue weighted by molar-refractivity contribution is 1.26. The van der Waals surface area contributed by atoms with E-state index in [0.717, 1.165) is 33.4 Å². The molecule has 4 aromatic carbocycles. The zero-order valence-electron chi connectivity index (χ0n) is 24.8. The van der Waals surface area contributed by atoms with Crippen LogP contribution in [0.3, 0.4) is 0 Å². The topological polar surface area (TPSA) is 155 Å². The van der Waals surface area contributed by atoms with Crippen LogP contribution in [0.1, 0.15) is 0 Å². The molecule has 0 saturated carbocycles. The molecule has 0 amide bonds. The summed E-state index contributed by atoms with van der Waals surface area (Å²) in [7, 11) is 0. The van der Waals surface area contributed by atoms with E-state index in [9.17, 15) is 0 Å². The summed E-state index contributed by atoms with van der Waals surface area (Å²) < 4.78 is 0. The summed E-state index contributed by atoms with van der Waals surface area (Å²) in [4.78, 5) is 56.6. The molecule has 10 rings (SSSR count). The molecule has 12 nitrogen and oxygen atoms in total. The molecular weight excluding hydrogens is 600 g/mol. The number of benzene rings is 4. The summed E-state index contributed by atoms with van der Waals surface area (Å²) in [6.45, 7) is 0. The first-order valence-electron chi connectivity index (χ1n) is 15.0. The molecule has 10 aromatic rings. The average Bonchev–Trinajstić information content (AvgIpc) is 3.14. The van der Waals surface area contributed by atoms with Gasteiger partial charge in [-0.2, -0.15) is 0 Å². The second-order valence-electron chi connectivity index (χ2n) is 11.1. The molecule has 48 heavy (non-hydrogen) atoms. The molecule has 0 aliphatic rings. The van der Waals surface area contributed by atoms with Crippen molar-refractivity contribution in [1.29, 1.82) is 0 Å². The van der Waals surface area contributed by atoms with Crippen molar-refractivity contribution in [2.45, 2.75) is 0 Å². The minimum atomic E-state index is 0.693. The van der Waals surface area contributed by atoms with Gasteiger partial charge in [-0.05, 0) is 53.1 Å². The summed E-state index contributed by atoms with van der Waals surface area (Å²) in [6.07, 6.45) is 20.2. The first kappa shape index (κ1) is 26.2. The second kappa shape index (κ2) is 10.2. The Balaban J connectivity index is 1.41. The van der Waals surface area contributed by atoms with Crippen LogP contribution in [0.15, 0.2) is 111 Å². The number of hydrogen-bond acceptors (Lipinski definition) is 12. The van der Waals surface area contributed by atoms with E-state index in [4.69, 9.17) is 29.9 Å². The van der Waals surface area contributed by atoms with E-state index in [1.54, 1.807) is 74.4 Å². The van der Waals surface area contributed by atoms with Crippen LogP contribution in [0.2, 0.25) is 0 Å². The standard InChI is InChI=1S/C36H18N12/c1-7-43-31-22(37-1)16-23-32(44-8-2-38-23)28(31)19-13-20(29-33-24(39-3-9-45-33)17-25-34(29)46-10-4-40-25)15-21(14-19)30-35-26(41-5-11-47-35)18-27-36(30)48-12-6-42-27/h1-18H. The van der Waals surface area contributed by atoms with Gasteiger partial charge in [0, 0.05) is 91.1 Å². The molecule has 0 spiro atoms. The summed E-state index contributed by atoms with van der Waals surface area (Å²) in [5.74, 6) is 0. The molecule has 0 saturated heterocycles. The van der Waals surface area contributed by atoms with Gasteiger partial charge in [0.25, 0.3) is 0 Å². The molecule has 0 atom stereocenters. The summed E-state index contributed by atoms with van der Waals surface area (Å²) in [6, 6.07) is 12.0. The van der Waals surface area contributed by atoms with Gasteiger partial charge in [0.2, 0.25) is 0 Å². The number of nitrogens with zero attached hydrogens (tertiary/aromatic N) is 12. The predicted octanol–water partition coefficient (Wildman–Crippen LogP) is 6.35. The van der Waals surface area contributed by atoms with Crippen LogP contribution >= 0.6 is 0 Å². The lowest BCUT2D eigenvalue weighted by Gasteiger charge is -2.16. The zero-order chi connectivity index (χ0) is 31.6. The van der Waals surface area contributed by atoms with Gasteiger partial charge in [-0.1, -0.05) is 0 Å². The van der Waals surface area contributed by atoms with Crippen LogP contribution in [0.4, 0.5) is 0 Å². The van der Waals surface area contributed by atoms with Crippen molar-refractivity contribution in [2.75, 3.05) is 0 Å². The normalized spacial score (nSPS) is 11.8. The van der Waals surface area contributed by atoms with Crippen LogP contribution in [-0.4, -0.2) is 59.8 Å². The van der Waals surface area contributed by atoms with Crippen LogP contribution in [0.5, 0.6) is 0 Å². The summed E-state index contributed by atoms with van der Waals surface area (Å²) in [5, 5.41) is 0. The maximum atomic E-state index is 4.79. The Bertz CT molecular complexity index is 2440. The maximum Gasteiger partial charge on any atom is 0.0988 e. The fourth-order valence-electron chi connectivity index (χ4n) is 6.49. The van der Waals surface area contributed by atoms with Crippen molar-refractivity contribution in [3.8, 4) is 33.4 Å². The first-order chi connectivity index (χ1) is 23.8. The van der Waals surface area contributed by atoms with Gasteiger partial charge in [0.1, 0.15) is 0 Å². The van der Waals surface area contributed by atoms with Gasteiger partial charge in [-0.15, -0.1) is 0 Å². The third-order valence-corrected chi connectivity index (χ3v) is 8.40. The zero-order valence-corrected chi connectivity index (χ0v) is 24.8. The molecule has 0 radical (unpaired) electrons. The van der Waals surface area contributed by atoms with Crippen LogP contribution in [-0.2, 0) is 0 Å². The first-order valence-corrected chi connectivity index (χ1v) is 15.0. The Kier molecular flexibility index (Phi) is 5.57. The third kappa shape index (κ3) is 3.96. The van der Waals surface area contributed by atoms with E-state index < -0.39 is 0 Å². The number of aromatic nitrogens is 12. The third-order valence-electron chi connectivity index (χ3n) is 8.40. The van der Waals surface area contributed by atoms with E-state index in [1.165, 1.54) is 0 Å². The predicted molar refractivity (Wildman–Crippen MR) is 181 cm³/mol. The van der Waals surface area contributed by atoms with Crippen molar-refractivity contribution < 1.29 is 0 Å². The lowest BCUT2D eigenvalue weighted by atomic mass is 9.90. The quantitative estimate of drug-likeness (QED) is 0.203. The van der Waals surface area contributed by atoms with Gasteiger partial charge in [-0.3, -0.25) is 59.8 Å². The highest BCUT2D eigenvalue weighted by Gasteiger charge is 2.22. The molecule has 0 aliphatic carbocycles. The summed E-state index contributed by atoms with van der Waals surface area (Å²) in [5.41, 5.74) is 13.2. The molecule has 222 valence electrons. The van der Waals surface area contributed by atoms with Gasteiger partial charge >= 0.3 is 0 Å². The largest absolute Gasteiger partial charge is 0.253 e. The van der Waals surface area contributed by atoms with Crippen molar-refractivity contribution in [3.05, 3.63) is 111 Å². The van der Waals surface area contributed by atoms with Crippen molar-refractivity contribution in [2.24, 2.45) is 0 Å². The minimum Gasteiger partial charge on any atom is -0.253 e. The Morgan fingerprint density at radius 2 is 0.396 bits per heavy atom. The number of hydrogen-bond donors (Lipinski definition) is 0. The molecule has 0 aliphatic heterocycles. The molecule has 12 heteroatoms. The molecule has 6 aromatic heterocycles. The Labute approximate surface area is 269 Å². The molecule has 0 bridgehead atoms. The van der Waals surface area contributed by atoms with Crippen molar-refractivity contribution in [1.82, 2.24) is 59.8 Å². The molecule has 6 heterocycles. The highest BCUT2D eigenvalue weighted by Crippen LogP contribution is 2.43. The molecule has 0 N–H and O–H groups in total. The van der Waals surface area contributed by atoms with Crippen LogP contribution in [0, 0.1) is 0 Å². The van der Waals surface area contributed by atoms with Crippen molar-refractivity contribution >= 4 is 66.2 Å². The second-order valence-corrected chi connectivity index (χ2v) is 11.1. The lowest BCUT2D eigenvalue weighted by Crippen LogP contribution is -1.98. The fourth-order valence-corrected chi connectivity index (χ4v) is 6.49. The molecule has 0 unspecified atom stereocenters. The van der Waals surface area contributed by atoms with E-state index in [-0.39, 0.29) is 0 Å². The Morgan fingerprint density at radius 1 is 0.208 bits per heavy atom. The molecule has 0 fully saturated rings. The van der Waals surface area contributed by atoms with E-state index in [2.05, 4.69) is 48.1 Å². The Hall–Kier alpha value is -7.08.